The van der Waals surface area contributed by atoms with E-state index in [1.54, 1.807) is 12.1 Å². The number of rotatable bonds is 3. The van der Waals surface area contributed by atoms with E-state index in [9.17, 15) is 14.7 Å². The van der Waals surface area contributed by atoms with Crippen molar-refractivity contribution in [1.29, 1.82) is 0 Å². The summed E-state index contributed by atoms with van der Waals surface area (Å²) in [7, 11) is 0. The maximum absolute atomic E-state index is 12.6. The van der Waals surface area contributed by atoms with Crippen LogP contribution in [0.25, 0.3) is 0 Å². The summed E-state index contributed by atoms with van der Waals surface area (Å²) in [5.41, 5.74) is 0.772. The maximum atomic E-state index is 12.6. The quantitative estimate of drug-likeness (QED) is 0.865. The lowest BCUT2D eigenvalue weighted by Gasteiger charge is -2.33. The second-order valence-corrected chi connectivity index (χ2v) is 6.56. The van der Waals surface area contributed by atoms with Gasteiger partial charge in [-0.25, -0.2) is 4.79 Å². The molecule has 124 valence electrons. The lowest BCUT2D eigenvalue weighted by Crippen LogP contribution is -2.48. The minimum absolute atomic E-state index is 0.140. The SMILES string of the molecule is O=C(O)[C@H]1CCCCN1C(=O)Cc1cc2c(cc1Br)OCCO2. The highest BCUT2D eigenvalue weighted by Gasteiger charge is 2.32. The third kappa shape index (κ3) is 3.44. The van der Waals surface area contributed by atoms with Gasteiger partial charge < -0.3 is 19.5 Å². The van der Waals surface area contributed by atoms with Crippen molar-refractivity contribution >= 4 is 27.8 Å². The predicted octanol–water partition coefficient (Wildman–Crippen LogP) is 2.23. The second-order valence-electron chi connectivity index (χ2n) is 5.70. The molecule has 0 radical (unpaired) electrons. The number of amides is 1. The molecule has 2 aliphatic heterocycles. The molecule has 0 unspecified atom stereocenters. The number of carboxylic acids is 1. The van der Waals surface area contributed by atoms with Crippen LogP contribution in [0.15, 0.2) is 16.6 Å². The van der Waals surface area contributed by atoms with Gasteiger partial charge in [0.25, 0.3) is 0 Å². The first-order valence-electron chi connectivity index (χ1n) is 7.66. The van der Waals surface area contributed by atoms with Crippen LogP contribution in [-0.2, 0) is 16.0 Å². The van der Waals surface area contributed by atoms with E-state index in [0.29, 0.717) is 37.7 Å². The Morgan fingerprint density at radius 1 is 1.22 bits per heavy atom. The van der Waals surface area contributed by atoms with E-state index in [-0.39, 0.29) is 12.3 Å². The molecule has 1 aromatic carbocycles. The van der Waals surface area contributed by atoms with Gasteiger partial charge >= 0.3 is 5.97 Å². The summed E-state index contributed by atoms with van der Waals surface area (Å²) >= 11 is 3.45. The van der Waals surface area contributed by atoms with Crippen LogP contribution >= 0.6 is 15.9 Å². The van der Waals surface area contributed by atoms with Crippen LogP contribution in [0.5, 0.6) is 11.5 Å². The van der Waals surface area contributed by atoms with E-state index >= 15 is 0 Å². The van der Waals surface area contributed by atoms with Crippen molar-refractivity contribution in [2.24, 2.45) is 0 Å². The van der Waals surface area contributed by atoms with Crippen molar-refractivity contribution in [2.75, 3.05) is 19.8 Å². The monoisotopic (exact) mass is 383 g/mol. The van der Waals surface area contributed by atoms with E-state index in [1.165, 1.54) is 4.90 Å². The van der Waals surface area contributed by atoms with Gasteiger partial charge in [0.2, 0.25) is 5.91 Å². The Hall–Kier alpha value is -1.76. The molecule has 1 atom stereocenters. The normalized spacial score (nSPS) is 20.2. The summed E-state index contributed by atoms with van der Waals surface area (Å²) in [6.07, 6.45) is 2.34. The number of nitrogens with zero attached hydrogens (tertiary/aromatic N) is 1. The largest absolute Gasteiger partial charge is 0.486 e. The van der Waals surface area contributed by atoms with Gasteiger partial charge in [-0.05, 0) is 37.0 Å². The van der Waals surface area contributed by atoms with Gasteiger partial charge in [0.15, 0.2) is 11.5 Å². The van der Waals surface area contributed by atoms with Gasteiger partial charge in [-0.15, -0.1) is 0 Å². The number of hydrogen-bond donors (Lipinski definition) is 1. The lowest BCUT2D eigenvalue weighted by molar-refractivity contribution is -0.151. The molecule has 3 rings (SSSR count). The van der Waals surface area contributed by atoms with Crippen LogP contribution in [0, 0.1) is 0 Å². The average molecular weight is 384 g/mol. The molecule has 2 heterocycles. The molecule has 0 bridgehead atoms. The van der Waals surface area contributed by atoms with Gasteiger partial charge in [-0.3, -0.25) is 4.79 Å². The summed E-state index contributed by atoms with van der Waals surface area (Å²) in [5, 5.41) is 9.30. The van der Waals surface area contributed by atoms with Crippen molar-refractivity contribution in [3.63, 3.8) is 0 Å². The van der Waals surface area contributed by atoms with Crippen molar-refractivity contribution in [1.82, 2.24) is 4.90 Å². The molecule has 0 saturated carbocycles. The molecule has 1 saturated heterocycles. The number of fused-ring (bicyclic) bond motifs is 1. The lowest BCUT2D eigenvalue weighted by atomic mass is 10.0. The molecular formula is C16H18BrNO5. The predicted molar refractivity (Wildman–Crippen MR) is 85.8 cm³/mol. The zero-order valence-corrected chi connectivity index (χ0v) is 14.2. The Morgan fingerprint density at radius 2 is 1.91 bits per heavy atom. The summed E-state index contributed by atoms with van der Waals surface area (Å²) in [4.78, 5) is 25.4. The highest BCUT2D eigenvalue weighted by Crippen LogP contribution is 2.36. The molecule has 7 heteroatoms. The molecule has 0 aromatic heterocycles. The highest BCUT2D eigenvalue weighted by atomic mass is 79.9. The zero-order valence-electron chi connectivity index (χ0n) is 12.6. The molecule has 1 N–H and O–H groups in total. The fraction of sp³-hybridized carbons (Fsp3) is 0.500. The topological polar surface area (TPSA) is 76.1 Å². The minimum atomic E-state index is -0.931. The van der Waals surface area contributed by atoms with Crippen molar-refractivity contribution in [3.05, 3.63) is 22.2 Å². The van der Waals surface area contributed by atoms with Crippen LogP contribution in [-0.4, -0.2) is 47.7 Å². The first-order valence-corrected chi connectivity index (χ1v) is 8.46. The first kappa shape index (κ1) is 16.1. The summed E-state index contributed by atoms with van der Waals surface area (Å²) < 4.78 is 11.8. The smallest absolute Gasteiger partial charge is 0.326 e. The molecule has 6 nitrogen and oxygen atoms in total. The van der Waals surface area contributed by atoms with Gasteiger partial charge in [-0.1, -0.05) is 15.9 Å². The van der Waals surface area contributed by atoms with Crippen LogP contribution in [0.2, 0.25) is 0 Å². The van der Waals surface area contributed by atoms with Crippen LogP contribution < -0.4 is 9.47 Å². The number of carbonyl (C=O) groups is 2. The molecule has 2 aliphatic rings. The number of aliphatic carboxylic acids is 1. The standard InChI is InChI=1S/C16H18BrNO5/c17-11-9-14-13(22-5-6-23-14)7-10(11)8-15(19)18-4-2-1-3-12(18)16(20)21/h7,9,12H,1-6,8H2,(H,20,21)/t12-/m1/s1. The highest BCUT2D eigenvalue weighted by molar-refractivity contribution is 9.10. The van der Waals surface area contributed by atoms with Gasteiger partial charge in [0.1, 0.15) is 19.3 Å². The van der Waals surface area contributed by atoms with Gasteiger partial charge in [0.05, 0.1) is 6.42 Å². The number of ether oxygens (including phenoxy) is 2. The van der Waals surface area contributed by atoms with Crippen molar-refractivity contribution in [2.45, 2.75) is 31.7 Å². The number of hydrogen-bond acceptors (Lipinski definition) is 4. The molecule has 0 aliphatic carbocycles. The first-order chi connectivity index (χ1) is 11.1. The molecule has 0 spiro atoms. The number of carboxylic acid groups (broad SMARTS) is 1. The summed E-state index contributed by atoms with van der Waals surface area (Å²) in [6, 6.07) is 2.87. The average Bonchev–Trinajstić information content (AvgIpc) is 2.55. The molecule has 1 amide bonds. The Bertz CT molecular complexity index is 633. The van der Waals surface area contributed by atoms with Crippen LogP contribution in [0.1, 0.15) is 24.8 Å². The third-order valence-corrected chi connectivity index (χ3v) is 4.90. The fourth-order valence-electron chi connectivity index (χ4n) is 2.99. The van der Waals surface area contributed by atoms with Gasteiger partial charge in [-0.2, -0.15) is 0 Å². The van der Waals surface area contributed by atoms with E-state index in [1.807, 2.05) is 0 Å². The fourth-order valence-corrected chi connectivity index (χ4v) is 3.46. The minimum Gasteiger partial charge on any atom is -0.486 e. The Balaban J connectivity index is 1.78. The van der Waals surface area contributed by atoms with Crippen LogP contribution in [0.3, 0.4) is 0 Å². The van der Waals surface area contributed by atoms with E-state index in [2.05, 4.69) is 15.9 Å². The molecule has 1 fully saturated rings. The number of benzene rings is 1. The number of likely N-dealkylation sites (tertiary alicyclic amines) is 1. The van der Waals surface area contributed by atoms with E-state index in [0.717, 1.165) is 22.9 Å². The molecular weight excluding hydrogens is 366 g/mol. The number of carbonyl (C=O) groups excluding carboxylic acids is 1. The number of halogens is 1. The summed E-state index contributed by atoms with van der Waals surface area (Å²) in [5.74, 6) is 0.171. The number of piperidine rings is 1. The van der Waals surface area contributed by atoms with Crippen molar-refractivity contribution < 1.29 is 24.2 Å². The third-order valence-electron chi connectivity index (χ3n) is 4.16. The molecule has 23 heavy (non-hydrogen) atoms. The second kappa shape index (κ2) is 6.78. The van der Waals surface area contributed by atoms with Crippen LogP contribution in [0.4, 0.5) is 0 Å². The zero-order chi connectivity index (χ0) is 16.4. The van der Waals surface area contributed by atoms with E-state index in [4.69, 9.17) is 9.47 Å². The summed E-state index contributed by atoms with van der Waals surface area (Å²) in [6.45, 7) is 1.49. The van der Waals surface area contributed by atoms with E-state index < -0.39 is 12.0 Å². The molecule has 1 aromatic rings. The maximum Gasteiger partial charge on any atom is 0.326 e. The van der Waals surface area contributed by atoms with Gasteiger partial charge in [0, 0.05) is 11.0 Å². The Kier molecular flexibility index (Phi) is 4.75. The van der Waals surface area contributed by atoms with Crippen molar-refractivity contribution in [3.8, 4) is 11.5 Å². The Labute approximate surface area is 142 Å². The Morgan fingerprint density at radius 3 is 2.61 bits per heavy atom.